The van der Waals surface area contributed by atoms with Crippen molar-refractivity contribution in [3.63, 3.8) is 0 Å². The second-order valence-electron chi connectivity index (χ2n) is 12.1. The summed E-state index contributed by atoms with van der Waals surface area (Å²) in [6.07, 6.45) is 10.5. The number of benzene rings is 3. The highest BCUT2D eigenvalue weighted by molar-refractivity contribution is 6.24. The van der Waals surface area contributed by atoms with Crippen LogP contribution in [0.5, 0.6) is 0 Å². The maximum atomic E-state index is 14.2. The molecule has 3 aliphatic rings. The highest BCUT2D eigenvalue weighted by Gasteiger charge is 2.68. The summed E-state index contributed by atoms with van der Waals surface area (Å²) in [6, 6.07) is 24.8. The number of carbonyl (C=O) groups is 3. The van der Waals surface area contributed by atoms with Crippen LogP contribution in [0.15, 0.2) is 78.9 Å². The number of carbonyl (C=O) groups excluding carboxylic acids is 2. The van der Waals surface area contributed by atoms with Gasteiger partial charge in [-0.15, -0.1) is 0 Å². The maximum absolute atomic E-state index is 14.2. The molecule has 3 aromatic rings. The van der Waals surface area contributed by atoms with Crippen LogP contribution < -0.4 is 10.2 Å². The van der Waals surface area contributed by atoms with Crippen molar-refractivity contribution in [2.45, 2.75) is 63.5 Å². The molecule has 1 aliphatic carbocycles. The van der Waals surface area contributed by atoms with E-state index in [2.05, 4.69) is 12.2 Å². The van der Waals surface area contributed by atoms with E-state index in [1.807, 2.05) is 78.9 Å². The molecule has 3 fully saturated rings. The van der Waals surface area contributed by atoms with Crippen LogP contribution >= 0.6 is 0 Å². The van der Waals surface area contributed by atoms with Gasteiger partial charge in [0.15, 0.2) is 0 Å². The zero-order valence-electron chi connectivity index (χ0n) is 24.0. The number of aliphatic carboxylic acids is 1. The molecule has 3 aromatic carbocycles. The molecule has 2 aliphatic heterocycles. The van der Waals surface area contributed by atoms with Crippen LogP contribution in [0.2, 0.25) is 0 Å². The molecule has 1 saturated carbocycles. The molecule has 4 atom stereocenters. The second-order valence-corrected chi connectivity index (χ2v) is 12.1. The number of aryl methyl sites for hydroxylation is 1. The fourth-order valence-corrected chi connectivity index (χ4v) is 7.31. The van der Waals surface area contributed by atoms with Gasteiger partial charge in [0.1, 0.15) is 5.54 Å². The summed E-state index contributed by atoms with van der Waals surface area (Å²) in [5.74, 6) is -3.35. The molecule has 42 heavy (non-hydrogen) atoms. The van der Waals surface area contributed by atoms with Crippen LogP contribution in [0.25, 0.3) is 12.2 Å². The monoisotopic (exact) mass is 562 g/mol. The molecule has 2 saturated heterocycles. The molecule has 2 amide bonds. The number of carboxylic acid groups (broad SMARTS) is 1. The van der Waals surface area contributed by atoms with Gasteiger partial charge in [0, 0.05) is 6.04 Å². The van der Waals surface area contributed by atoms with Crippen molar-refractivity contribution in [3.8, 4) is 0 Å². The Morgan fingerprint density at radius 1 is 0.881 bits per heavy atom. The number of hydrogen-bond donors (Lipinski definition) is 2. The molecule has 0 spiro atoms. The number of hydrogen-bond acceptors (Lipinski definition) is 4. The highest BCUT2D eigenvalue weighted by atomic mass is 16.4. The van der Waals surface area contributed by atoms with E-state index in [1.165, 1.54) is 4.90 Å². The Kier molecular flexibility index (Phi) is 7.82. The molecular formula is C36H38N2O4. The van der Waals surface area contributed by atoms with Crippen molar-refractivity contribution in [1.82, 2.24) is 5.32 Å². The Morgan fingerprint density at radius 3 is 2.14 bits per heavy atom. The fraction of sp³-hybridized carbons (Fsp3) is 0.361. The molecule has 0 radical (unpaired) electrons. The summed E-state index contributed by atoms with van der Waals surface area (Å²) in [7, 11) is 0. The Bertz CT molecular complexity index is 1480. The topological polar surface area (TPSA) is 86.7 Å². The summed E-state index contributed by atoms with van der Waals surface area (Å²) >= 11 is 0. The minimum Gasteiger partial charge on any atom is -0.480 e. The largest absolute Gasteiger partial charge is 0.480 e. The summed E-state index contributed by atoms with van der Waals surface area (Å²) in [4.78, 5) is 42.7. The first-order valence-electron chi connectivity index (χ1n) is 15.2. The zero-order chi connectivity index (χ0) is 29.3. The van der Waals surface area contributed by atoms with Crippen molar-refractivity contribution in [1.29, 1.82) is 0 Å². The van der Waals surface area contributed by atoms with Crippen LogP contribution in [0, 0.1) is 17.8 Å². The molecule has 0 aromatic heterocycles. The SMILES string of the molecule is CCc1ccc(N2C(=O)C3C(c4ccc(C=Cc5ccccc5)cc4)NC(CC4CCCCC4)(C(=O)O)C3C2=O)cc1. The lowest BCUT2D eigenvalue weighted by molar-refractivity contribution is -0.150. The number of amides is 2. The highest BCUT2D eigenvalue weighted by Crippen LogP contribution is 2.52. The third-order valence-corrected chi connectivity index (χ3v) is 9.54. The number of rotatable bonds is 8. The average Bonchev–Trinajstić information content (AvgIpc) is 3.50. The maximum Gasteiger partial charge on any atom is 0.324 e. The normalized spacial score (nSPS) is 26.2. The quantitative estimate of drug-likeness (QED) is 0.237. The van der Waals surface area contributed by atoms with Gasteiger partial charge >= 0.3 is 5.97 Å². The Labute approximate surface area is 247 Å². The Morgan fingerprint density at radius 2 is 1.52 bits per heavy atom. The van der Waals surface area contributed by atoms with Crippen molar-refractivity contribution < 1.29 is 19.5 Å². The van der Waals surface area contributed by atoms with Crippen molar-refractivity contribution >= 4 is 35.6 Å². The average molecular weight is 563 g/mol. The van der Waals surface area contributed by atoms with Crippen LogP contribution in [0.1, 0.15) is 73.7 Å². The Hall–Kier alpha value is -4.03. The summed E-state index contributed by atoms with van der Waals surface area (Å²) < 4.78 is 0. The van der Waals surface area contributed by atoms with Gasteiger partial charge in [-0.1, -0.05) is 118 Å². The van der Waals surface area contributed by atoms with E-state index in [0.29, 0.717) is 12.1 Å². The van der Waals surface area contributed by atoms with E-state index >= 15 is 0 Å². The number of imide groups is 1. The van der Waals surface area contributed by atoms with E-state index in [0.717, 1.165) is 60.8 Å². The minimum atomic E-state index is -1.51. The van der Waals surface area contributed by atoms with Crippen LogP contribution in [0.4, 0.5) is 5.69 Å². The summed E-state index contributed by atoms with van der Waals surface area (Å²) in [5.41, 5.74) is 3.02. The minimum absolute atomic E-state index is 0.202. The summed E-state index contributed by atoms with van der Waals surface area (Å²) in [6.45, 7) is 2.05. The van der Waals surface area contributed by atoms with Crippen LogP contribution in [0.3, 0.4) is 0 Å². The fourth-order valence-electron chi connectivity index (χ4n) is 7.31. The van der Waals surface area contributed by atoms with E-state index < -0.39 is 35.3 Å². The van der Waals surface area contributed by atoms with Gasteiger partial charge in [0.25, 0.3) is 0 Å². The van der Waals surface area contributed by atoms with Gasteiger partial charge in [-0.25, -0.2) is 4.90 Å². The molecule has 0 bridgehead atoms. The third-order valence-electron chi connectivity index (χ3n) is 9.54. The number of nitrogens with zero attached hydrogens (tertiary/aromatic N) is 1. The van der Waals surface area contributed by atoms with Crippen LogP contribution in [-0.2, 0) is 20.8 Å². The van der Waals surface area contributed by atoms with E-state index in [1.54, 1.807) is 12.1 Å². The van der Waals surface area contributed by atoms with Gasteiger partial charge in [-0.2, -0.15) is 0 Å². The number of carboxylic acids is 1. The number of anilines is 1. The molecule has 2 N–H and O–H groups in total. The van der Waals surface area contributed by atoms with Crippen LogP contribution in [-0.4, -0.2) is 28.4 Å². The van der Waals surface area contributed by atoms with E-state index in [9.17, 15) is 19.5 Å². The lowest BCUT2D eigenvalue weighted by atomic mass is 9.72. The molecule has 6 rings (SSSR count). The first-order valence-corrected chi connectivity index (χ1v) is 15.2. The van der Waals surface area contributed by atoms with Gasteiger partial charge in [-0.3, -0.25) is 19.7 Å². The standard InChI is InChI=1S/C36H38N2O4/c1-2-24-17-21-29(22-18-24)38-33(39)30-31(34(38)40)36(35(41)42,23-27-11-7-4-8-12-27)37-32(30)28-19-15-26(16-20-28)14-13-25-9-5-3-6-10-25/h3,5-6,9-10,13-22,27,30-32,37H,2,4,7-8,11-12,23H2,1H3,(H,41,42). The van der Waals surface area contributed by atoms with Gasteiger partial charge in [-0.05, 0) is 53.1 Å². The molecule has 4 unspecified atom stereocenters. The van der Waals surface area contributed by atoms with Gasteiger partial charge in [0.05, 0.1) is 17.5 Å². The van der Waals surface area contributed by atoms with Crippen molar-refractivity contribution in [2.75, 3.05) is 4.90 Å². The van der Waals surface area contributed by atoms with Crippen molar-refractivity contribution in [2.24, 2.45) is 17.8 Å². The molecule has 216 valence electrons. The number of fused-ring (bicyclic) bond motifs is 1. The smallest absolute Gasteiger partial charge is 0.324 e. The molecular weight excluding hydrogens is 524 g/mol. The van der Waals surface area contributed by atoms with E-state index in [-0.39, 0.29) is 11.8 Å². The molecule has 6 heteroatoms. The van der Waals surface area contributed by atoms with E-state index in [4.69, 9.17) is 0 Å². The van der Waals surface area contributed by atoms with Gasteiger partial charge in [0.2, 0.25) is 11.8 Å². The molecule has 6 nitrogen and oxygen atoms in total. The second kappa shape index (κ2) is 11.7. The molecule has 2 heterocycles. The van der Waals surface area contributed by atoms with Crippen molar-refractivity contribution in [3.05, 3.63) is 101 Å². The first-order chi connectivity index (χ1) is 20.4. The third kappa shape index (κ3) is 5.09. The lowest BCUT2D eigenvalue weighted by Gasteiger charge is -2.35. The lowest BCUT2D eigenvalue weighted by Crippen LogP contribution is -2.57. The predicted molar refractivity (Wildman–Crippen MR) is 165 cm³/mol. The Balaban J connectivity index is 1.36. The predicted octanol–water partition coefficient (Wildman–Crippen LogP) is 6.66. The zero-order valence-corrected chi connectivity index (χ0v) is 24.0. The summed E-state index contributed by atoms with van der Waals surface area (Å²) in [5, 5.41) is 14.2. The number of nitrogens with one attached hydrogen (secondary N) is 1. The van der Waals surface area contributed by atoms with Gasteiger partial charge < -0.3 is 5.11 Å². The first kappa shape index (κ1) is 28.1.